The first-order valence-corrected chi connectivity index (χ1v) is 21.1. The van der Waals surface area contributed by atoms with Gasteiger partial charge in [-0.05, 0) is 78.8 Å². The van der Waals surface area contributed by atoms with Crippen molar-refractivity contribution in [1.82, 2.24) is 4.90 Å². The fourth-order valence-electron chi connectivity index (χ4n) is 7.72. The first-order valence-electron chi connectivity index (χ1n) is 17.3. The molecule has 3 amide bonds. The van der Waals surface area contributed by atoms with E-state index in [2.05, 4.69) is 21.2 Å². The molecule has 2 N–H and O–H groups in total. The molecule has 0 bridgehead atoms. The highest BCUT2D eigenvalue weighted by atomic mass is 79.9. The van der Waals surface area contributed by atoms with E-state index in [4.69, 9.17) is 9.47 Å². The Morgan fingerprint density at radius 2 is 1.71 bits per heavy atom. The summed E-state index contributed by atoms with van der Waals surface area (Å²) in [6.07, 6.45) is -0.972. The Bertz CT molecular complexity index is 1920. The van der Waals surface area contributed by atoms with Crippen molar-refractivity contribution in [1.29, 1.82) is 0 Å². The van der Waals surface area contributed by atoms with E-state index < -0.39 is 31.6 Å². The predicted molar refractivity (Wildman–Crippen MR) is 204 cm³/mol. The molecule has 0 saturated carbocycles. The molecule has 6 rings (SSSR count). The molecule has 52 heavy (non-hydrogen) atoms. The van der Waals surface area contributed by atoms with Crippen LogP contribution in [-0.2, 0) is 33.0 Å². The van der Waals surface area contributed by atoms with E-state index in [0.29, 0.717) is 34.8 Å². The quantitative estimate of drug-likeness (QED) is 0.114. The summed E-state index contributed by atoms with van der Waals surface area (Å²) in [6.45, 7) is 5.49. The minimum Gasteiger partial charge on any atom is -0.497 e. The standard InChI is InChI=1S/C40H43BrFN3O6Si/c1-26-37(52(3,4)42)35(23-36(47)44(20-21-46)24-27-8-6-5-7-9-27)51-40(26)33-22-30(41)14-19-34(33)45(39(40)49)25-28-10-15-31(16-11-28)43-38(48)29-12-17-32(50-2)18-13-29/h5-19,22,26,35,37,46H,20-21,23-25H2,1-4H3,(H,43,48)/t26-,35+,37-,40+/m0/s1. The molecule has 1 spiro atoms. The average molecular weight is 789 g/mol. The van der Waals surface area contributed by atoms with Gasteiger partial charge in [-0.2, -0.15) is 0 Å². The van der Waals surface area contributed by atoms with Crippen molar-refractivity contribution in [3.63, 3.8) is 0 Å². The molecule has 0 aromatic heterocycles. The van der Waals surface area contributed by atoms with Gasteiger partial charge < -0.3 is 33.8 Å². The lowest BCUT2D eigenvalue weighted by molar-refractivity contribution is -0.150. The van der Waals surface area contributed by atoms with Gasteiger partial charge >= 0.3 is 0 Å². The number of amides is 3. The number of aliphatic hydroxyl groups excluding tert-OH is 1. The molecule has 2 aliphatic rings. The second-order valence-electron chi connectivity index (χ2n) is 13.9. The van der Waals surface area contributed by atoms with Gasteiger partial charge in [-0.3, -0.25) is 14.4 Å². The highest BCUT2D eigenvalue weighted by molar-refractivity contribution is 9.10. The van der Waals surface area contributed by atoms with Gasteiger partial charge in [0.1, 0.15) is 5.75 Å². The van der Waals surface area contributed by atoms with Gasteiger partial charge in [-0.15, -0.1) is 0 Å². The van der Waals surface area contributed by atoms with Gasteiger partial charge in [0.2, 0.25) is 14.3 Å². The third-order valence-corrected chi connectivity index (χ3v) is 13.1. The van der Waals surface area contributed by atoms with Crippen molar-refractivity contribution in [3.8, 4) is 5.75 Å². The third kappa shape index (κ3) is 7.43. The van der Waals surface area contributed by atoms with E-state index in [1.807, 2.05) is 67.6 Å². The number of methoxy groups -OCH3 is 1. The molecule has 0 unspecified atom stereocenters. The van der Waals surface area contributed by atoms with Crippen LogP contribution in [-0.4, -0.2) is 62.5 Å². The van der Waals surface area contributed by atoms with E-state index in [-0.39, 0.29) is 43.8 Å². The Balaban J connectivity index is 1.25. The Morgan fingerprint density at radius 1 is 1.02 bits per heavy atom. The zero-order valence-corrected chi connectivity index (χ0v) is 32.2. The molecule has 9 nitrogen and oxygen atoms in total. The van der Waals surface area contributed by atoms with Crippen molar-refractivity contribution in [2.75, 3.05) is 30.5 Å². The fraction of sp³-hybridized carbons (Fsp3) is 0.325. The lowest BCUT2D eigenvalue weighted by atomic mass is 9.82. The monoisotopic (exact) mass is 787 g/mol. The molecule has 1 fully saturated rings. The van der Waals surface area contributed by atoms with Crippen molar-refractivity contribution < 1.29 is 33.1 Å². The lowest BCUT2D eigenvalue weighted by Gasteiger charge is -2.31. The first kappa shape index (κ1) is 37.4. The van der Waals surface area contributed by atoms with E-state index in [9.17, 15) is 19.5 Å². The number of hydrogen-bond donors (Lipinski definition) is 2. The van der Waals surface area contributed by atoms with Crippen LogP contribution < -0.4 is 15.0 Å². The Morgan fingerprint density at radius 3 is 2.35 bits per heavy atom. The summed E-state index contributed by atoms with van der Waals surface area (Å²) in [5, 5.41) is 12.7. The number of benzene rings is 4. The minimum atomic E-state index is -3.52. The van der Waals surface area contributed by atoms with Crippen molar-refractivity contribution in [2.45, 2.75) is 56.8 Å². The van der Waals surface area contributed by atoms with Crippen LogP contribution in [0.15, 0.2) is 102 Å². The topological polar surface area (TPSA) is 108 Å². The Hall–Kier alpha value is -4.36. The largest absolute Gasteiger partial charge is 0.497 e. The maximum absolute atomic E-state index is 16.4. The van der Waals surface area contributed by atoms with Crippen LogP contribution in [0.3, 0.4) is 0 Å². The smallest absolute Gasteiger partial charge is 0.264 e. The van der Waals surface area contributed by atoms with Crippen molar-refractivity contribution >= 4 is 53.4 Å². The summed E-state index contributed by atoms with van der Waals surface area (Å²) < 4.78 is 29.1. The Kier molecular flexibility index (Phi) is 11.0. The highest BCUT2D eigenvalue weighted by Crippen LogP contribution is 2.60. The van der Waals surface area contributed by atoms with Crippen LogP contribution in [0, 0.1) is 5.92 Å². The summed E-state index contributed by atoms with van der Waals surface area (Å²) in [7, 11) is -1.95. The summed E-state index contributed by atoms with van der Waals surface area (Å²) in [5.74, 6) is -0.756. The molecule has 0 aliphatic carbocycles. The van der Waals surface area contributed by atoms with E-state index in [1.165, 1.54) is 0 Å². The lowest BCUT2D eigenvalue weighted by Crippen LogP contribution is -2.45. The summed E-state index contributed by atoms with van der Waals surface area (Å²) in [4.78, 5) is 44.7. The molecule has 1 saturated heterocycles. The first-order chi connectivity index (χ1) is 24.8. The zero-order chi connectivity index (χ0) is 37.2. The van der Waals surface area contributed by atoms with Crippen LogP contribution in [0.1, 0.15) is 40.4 Å². The van der Waals surface area contributed by atoms with Gasteiger partial charge in [0.15, 0.2) is 5.60 Å². The predicted octanol–water partition coefficient (Wildman–Crippen LogP) is 7.44. The number of fused-ring (bicyclic) bond motifs is 2. The fourth-order valence-corrected chi connectivity index (χ4v) is 10.6. The molecule has 2 heterocycles. The summed E-state index contributed by atoms with van der Waals surface area (Å²) >= 11 is 3.58. The zero-order valence-electron chi connectivity index (χ0n) is 29.6. The van der Waals surface area contributed by atoms with Crippen LogP contribution in [0.4, 0.5) is 15.5 Å². The average Bonchev–Trinajstić information content (AvgIpc) is 3.54. The molecule has 272 valence electrons. The van der Waals surface area contributed by atoms with Gasteiger partial charge in [0.25, 0.3) is 11.8 Å². The molecule has 12 heteroatoms. The number of hydrogen-bond acceptors (Lipinski definition) is 6. The number of ether oxygens (including phenoxy) is 2. The number of aliphatic hydroxyl groups is 1. The summed E-state index contributed by atoms with van der Waals surface area (Å²) in [6, 6.07) is 29.2. The second-order valence-corrected chi connectivity index (χ2v) is 18.6. The summed E-state index contributed by atoms with van der Waals surface area (Å²) in [5.41, 5.74) is 1.94. The molecule has 4 aromatic carbocycles. The number of rotatable bonds is 12. The molecular weight excluding hydrogens is 745 g/mol. The molecule has 4 aromatic rings. The van der Waals surface area contributed by atoms with Gasteiger partial charge in [-0.25, -0.2) is 0 Å². The minimum absolute atomic E-state index is 0.120. The molecule has 2 aliphatic heterocycles. The number of carbonyl (C=O) groups excluding carboxylic acids is 3. The van der Waals surface area contributed by atoms with Gasteiger partial charge in [0.05, 0.1) is 38.5 Å². The van der Waals surface area contributed by atoms with Crippen LogP contribution >= 0.6 is 15.9 Å². The van der Waals surface area contributed by atoms with Crippen LogP contribution in [0.2, 0.25) is 18.6 Å². The number of halogens is 2. The van der Waals surface area contributed by atoms with Crippen molar-refractivity contribution in [2.24, 2.45) is 5.92 Å². The molecular formula is C40H43BrFN3O6Si. The second kappa shape index (κ2) is 15.3. The maximum Gasteiger partial charge on any atom is 0.264 e. The molecule has 4 atom stereocenters. The van der Waals surface area contributed by atoms with Gasteiger partial charge in [-0.1, -0.05) is 65.3 Å². The number of nitrogens with zero attached hydrogens (tertiary/aromatic N) is 2. The highest BCUT2D eigenvalue weighted by Gasteiger charge is 2.67. The van der Waals surface area contributed by atoms with Crippen LogP contribution in [0.5, 0.6) is 5.75 Å². The number of nitrogens with one attached hydrogen (secondary N) is 1. The number of carbonyl (C=O) groups is 3. The normalized spacial score (nSPS) is 20.9. The van der Waals surface area contributed by atoms with E-state index in [0.717, 1.165) is 15.6 Å². The SMILES string of the molecule is COc1ccc(C(=O)Nc2ccc(CN3C(=O)[C@]4(O[C@H](CC(=O)N(CCO)Cc5ccccc5)[C@@H]([Si](C)(C)F)[C@@H]4C)c4cc(Br)ccc43)cc2)cc1. The third-order valence-electron chi connectivity index (χ3n) is 10.1. The maximum atomic E-state index is 16.4. The van der Waals surface area contributed by atoms with E-state index in [1.54, 1.807) is 66.4 Å². The van der Waals surface area contributed by atoms with Crippen LogP contribution in [0.25, 0.3) is 0 Å². The number of anilines is 2. The van der Waals surface area contributed by atoms with Crippen molar-refractivity contribution in [3.05, 3.63) is 124 Å². The Labute approximate surface area is 313 Å². The van der Waals surface area contributed by atoms with Gasteiger partial charge in [0, 0.05) is 45.8 Å². The van der Waals surface area contributed by atoms with E-state index >= 15 is 4.11 Å². The molecule has 0 radical (unpaired) electrons.